The fourth-order valence-corrected chi connectivity index (χ4v) is 2.14. The summed E-state index contributed by atoms with van der Waals surface area (Å²) in [4.78, 5) is 11.6. The van der Waals surface area contributed by atoms with E-state index >= 15 is 0 Å². The summed E-state index contributed by atoms with van der Waals surface area (Å²) in [7, 11) is 0. The largest absolute Gasteiger partial charge is 0.378 e. The second-order valence-electron chi connectivity index (χ2n) is 5.05. The smallest absolute Gasteiger partial charge is 0.220 e. The molecule has 0 radical (unpaired) electrons. The average Bonchev–Trinajstić information content (AvgIpc) is 2.41. The summed E-state index contributed by atoms with van der Waals surface area (Å²) in [5, 5.41) is 6.30. The molecular weight excluding hydrogens is 228 g/mol. The highest BCUT2D eigenvalue weighted by molar-refractivity contribution is 5.75. The monoisotopic (exact) mass is 256 g/mol. The fraction of sp³-hybridized carbons (Fsp3) is 0.929. The van der Waals surface area contributed by atoms with E-state index in [4.69, 9.17) is 4.74 Å². The van der Waals surface area contributed by atoms with Crippen molar-refractivity contribution in [2.45, 2.75) is 57.9 Å². The van der Waals surface area contributed by atoms with Gasteiger partial charge in [0, 0.05) is 25.6 Å². The predicted molar refractivity (Wildman–Crippen MR) is 73.6 cm³/mol. The van der Waals surface area contributed by atoms with Crippen molar-refractivity contribution in [2.24, 2.45) is 0 Å². The number of carbonyl (C=O) groups excluding carboxylic acids is 1. The zero-order valence-corrected chi connectivity index (χ0v) is 11.7. The van der Waals surface area contributed by atoms with E-state index in [9.17, 15) is 4.79 Å². The van der Waals surface area contributed by atoms with Crippen LogP contribution in [0, 0.1) is 0 Å². The molecule has 1 saturated heterocycles. The molecule has 1 aliphatic heterocycles. The molecule has 1 aliphatic rings. The molecule has 106 valence electrons. The van der Waals surface area contributed by atoms with E-state index < -0.39 is 0 Å². The normalized spacial score (nSPS) is 19.7. The summed E-state index contributed by atoms with van der Waals surface area (Å²) < 4.78 is 5.34. The number of nitrogens with one attached hydrogen (secondary N) is 2. The Kier molecular flexibility index (Phi) is 8.86. The third-order valence-electron chi connectivity index (χ3n) is 3.30. The Balaban J connectivity index is 1.90. The zero-order valence-electron chi connectivity index (χ0n) is 11.7. The Bertz CT molecular complexity index is 216. The van der Waals surface area contributed by atoms with E-state index in [-0.39, 0.29) is 11.9 Å². The lowest BCUT2D eigenvalue weighted by molar-refractivity contribution is -0.121. The van der Waals surface area contributed by atoms with Gasteiger partial charge in [-0.05, 0) is 6.42 Å². The van der Waals surface area contributed by atoms with Crippen LogP contribution in [0.1, 0.15) is 51.9 Å². The Morgan fingerprint density at radius 2 is 2.06 bits per heavy atom. The van der Waals surface area contributed by atoms with Crippen LogP contribution in [0.25, 0.3) is 0 Å². The van der Waals surface area contributed by atoms with Crippen LogP contribution in [0.5, 0.6) is 0 Å². The zero-order chi connectivity index (χ0) is 13.1. The number of rotatable bonds is 9. The molecule has 1 unspecified atom stereocenters. The summed E-state index contributed by atoms with van der Waals surface area (Å²) in [6.45, 7) is 5.28. The van der Waals surface area contributed by atoms with Gasteiger partial charge in [-0.2, -0.15) is 0 Å². The van der Waals surface area contributed by atoms with E-state index in [0.29, 0.717) is 19.6 Å². The minimum Gasteiger partial charge on any atom is -0.378 e. The van der Waals surface area contributed by atoms with Gasteiger partial charge in [-0.3, -0.25) is 4.79 Å². The first-order valence-corrected chi connectivity index (χ1v) is 7.40. The minimum atomic E-state index is 0.179. The maximum absolute atomic E-state index is 11.6. The molecule has 4 nitrogen and oxygen atoms in total. The van der Waals surface area contributed by atoms with Gasteiger partial charge in [0.05, 0.1) is 13.2 Å². The molecule has 0 bridgehead atoms. The van der Waals surface area contributed by atoms with Crippen molar-refractivity contribution >= 4 is 5.91 Å². The van der Waals surface area contributed by atoms with Gasteiger partial charge in [0.15, 0.2) is 0 Å². The molecule has 1 atom stereocenters. The third-order valence-corrected chi connectivity index (χ3v) is 3.30. The molecular formula is C14H28N2O2. The van der Waals surface area contributed by atoms with E-state index in [2.05, 4.69) is 17.6 Å². The van der Waals surface area contributed by atoms with Crippen LogP contribution >= 0.6 is 0 Å². The highest BCUT2D eigenvalue weighted by Crippen LogP contribution is 2.06. The van der Waals surface area contributed by atoms with Crippen LogP contribution < -0.4 is 10.6 Å². The first-order valence-electron chi connectivity index (χ1n) is 7.40. The number of ether oxygens (including phenoxy) is 1. The molecule has 0 spiro atoms. The number of unbranched alkanes of at least 4 members (excludes halogenated alkanes) is 5. The van der Waals surface area contributed by atoms with Gasteiger partial charge in [0.1, 0.15) is 0 Å². The van der Waals surface area contributed by atoms with Gasteiger partial charge in [-0.25, -0.2) is 0 Å². The van der Waals surface area contributed by atoms with Gasteiger partial charge in [0.2, 0.25) is 5.91 Å². The van der Waals surface area contributed by atoms with Gasteiger partial charge >= 0.3 is 0 Å². The van der Waals surface area contributed by atoms with Crippen LogP contribution in [0.2, 0.25) is 0 Å². The number of hydrogen-bond acceptors (Lipinski definition) is 3. The van der Waals surface area contributed by atoms with Crippen molar-refractivity contribution < 1.29 is 9.53 Å². The molecule has 0 aromatic rings. The minimum absolute atomic E-state index is 0.179. The lowest BCUT2D eigenvalue weighted by Gasteiger charge is -2.23. The van der Waals surface area contributed by atoms with E-state index in [1.165, 1.54) is 32.1 Å². The highest BCUT2D eigenvalue weighted by Gasteiger charge is 2.13. The lowest BCUT2D eigenvalue weighted by atomic mass is 10.1. The maximum atomic E-state index is 11.6. The molecule has 0 aromatic heterocycles. The molecule has 0 aliphatic carbocycles. The summed E-state index contributed by atoms with van der Waals surface area (Å²) in [6.07, 6.45) is 8.03. The van der Waals surface area contributed by atoms with Crippen molar-refractivity contribution in [3.05, 3.63) is 0 Å². The second-order valence-corrected chi connectivity index (χ2v) is 5.05. The number of morpholine rings is 1. The summed E-state index contributed by atoms with van der Waals surface area (Å²) >= 11 is 0. The first-order chi connectivity index (χ1) is 8.83. The van der Waals surface area contributed by atoms with Crippen molar-refractivity contribution in [3.8, 4) is 0 Å². The molecule has 18 heavy (non-hydrogen) atoms. The molecule has 1 rings (SSSR count). The molecule has 1 fully saturated rings. The SMILES string of the molecule is CCCCCCCCC(=O)NCC1COCCN1. The van der Waals surface area contributed by atoms with Crippen molar-refractivity contribution in [1.29, 1.82) is 0 Å². The number of amides is 1. The van der Waals surface area contributed by atoms with E-state index in [1.807, 2.05) is 0 Å². The van der Waals surface area contributed by atoms with Gasteiger partial charge in [0.25, 0.3) is 0 Å². The molecule has 4 heteroatoms. The maximum Gasteiger partial charge on any atom is 0.220 e. The predicted octanol–water partition coefficient (Wildman–Crippen LogP) is 1.84. The Labute approximate surface area is 111 Å². The Morgan fingerprint density at radius 1 is 1.28 bits per heavy atom. The summed E-state index contributed by atoms with van der Waals surface area (Å²) in [5.41, 5.74) is 0. The van der Waals surface area contributed by atoms with E-state index in [1.54, 1.807) is 0 Å². The van der Waals surface area contributed by atoms with E-state index in [0.717, 1.165) is 19.6 Å². The Morgan fingerprint density at radius 3 is 2.78 bits per heavy atom. The van der Waals surface area contributed by atoms with Crippen molar-refractivity contribution in [2.75, 3.05) is 26.3 Å². The first kappa shape index (κ1) is 15.4. The lowest BCUT2D eigenvalue weighted by Crippen LogP contribution is -2.48. The third kappa shape index (κ3) is 7.67. The Hall–Kier alpha value is -0.610. The van der Waals surface area contributed by atoms with Crippen LogP contribution in [0.4, 0.5) is 0 Å². The molecule has 2 N–H and O–H groups in total. The van der Waals surface area contributed by atoms with Gasteiger partial charge in [-0.15, -0.1) is 0 Å². The van der Waals surface area contributed by atoms with Crippen molar-refractivity contribution in [1.82, 2.24) is 10.6 Å². The average molecular weight is 256 g/mol. The van der Waals surface area contributed by atoms with Crippen LogP contribution in [0.3, 0.4) is 0 Å². The fourth-order valence-electron chi connectivity index (χ4n) is 2.14. The summed E-state index contributed by atoms with van der Waals surface area (Å²) in [5.74, 6) is 0.179. The standard InChI is InChI=1S/C14H28N2O2/c1-2-3-4-5-6-7-8-14(17)16-11-13-12-18-10-9-15-13/h13,15H,2-12H2,1H3,(H,16,17). The van der Waals surface area contributed by atoms with Gasteiger partial charge in [-0.1, -0.05) is 39.0 Å². The van der Waals surface area contributed by atoms with Crippen LogP contribution in [0.15, 0.2) is 0 Å². The van der Waals surface area contributed by atoms with Crippen LogP contribution in [-0.2, 0) is 9.53 Å². The molecule has 0 aromatic carbocycles. The number of carbonyl (C=O) groups is 1. The van der Waals surface area contributed by atoms with Crippen molar-refractivity contribution in [3.63, 3.8) is 0 Å². The van der Waals surface area contributed by atoms with Gasteiger partial charge < -0.3 is 15.4 Å². The molecule has 1 amide bonds. The summed E-state index contributed by atoms with van der Waals surface area (Å²) in [6, 6.07) is 0.284. The van der Waals surface area contributed by atoms with Crippen LogP contribution in [-0.4, -0.2) is 38.3 Å². The molecule has 0 saturated carbocycles. The quantitative estimate of drug-likeness (QED) is 0.619. The second kappa shape index (κ2) is 10.3. The number of hydrogen-bond donors (Lipinski definition) is 2. The molecule has 1 heterocycles. The highest BCUT2D eigenvalue weighted by atomic mass is 16.5. The topological polar surface area (TPSA) is 50.4 Å².